The van der Waals surface area contributed by atoms with E-state index in [1.165, 1.54) is 0 Å². The molecule has 0 saturated carbocycles. The summed E-state index contributed by atoms with van der Waals surface area (Å²) in [5, 5.41) is 8.47. The van der Waals surface area contributed by atoms with Gasteiger partial charge in [-0.15, -0.1) is 0 Å². The Morgan fingerprint density at radius 2 is 1.79 bits per heavy atom. The molecule has 0 aliphatic heterocycles. The molecule has 0 atom stereocenters. The molecule has 0 fully saturated rings. The Morgan fingerprint density at radius 3 is 2.14 bits per heavy atom. The van der Waals surface area contributed by atoms with Crippen LogP contribution in [0.2, 0.25) is 0 Å². The predicted octanol–water partition coefficient (Wildman–Crippen LogP) is 3.01. The molecule has 0 spiro atoms. The van der Waals surface area contributed by atoms with Crippen LogP contribution < -0.4 is 0 Å². The van der Waals surface area contributed by atoms with Crippen molar-refractivity contribution < 1.29 is 19.4 Å². The number of hydrogen-bond donors (Lipinski definition) is 1. The first kappa shape index (κ1) is 13.2. The smallest absolute Gasteiger partial charge is 0.450 e. The van der Waals surface area contributed by atoms with Crippen molar-refractivity contribution in [3.8, 4) is 0 Å². The van der Waals surface area contributed by atoms with Gasteiger partial charge in [-0.3, -0.25) is 0 Å². The van der Waals surface area contributed by atoms with E-state index in [-0.39, 0.29) is 5.60 Å². The topological polar surface area (TPSA) is 55.8 Å². The van der Waals surface area contributed by atoms with Gasteiger partial charge >= 0.3 is 6.16 Å². The minimum atomic E-state index is -1.32. The number of carboxylic acid groups (broad SMARTS) is 1. The van der Waals surface area contributed by atoms with E-state index in [1.807, 2.05) is 13.8 Å². The molecule has 0 heterocycles. The summed E-state index contributed by atoms with van der Waals surface area (Å²) in [6.07, 6.45) is 0.526. The van der Waals surface area contributed by atoms with E-state index in [4.69, 9.17) is 9.84 Å². The Kier molecular flexibility index (Phi) is 4.39. The SMILES string of the molecule is CCCC(C)(C)OC(C)(C)OC(=O)O. The molecule has 0 aromatic heterocycles. The number of ether oxygens (including phenoxy) is 2. The van der Waals surface area contributed by atoms with Crippen molar-refractivity contribution >= 4 is 6.16 Å². The van der Waals surface area contributed by atoms with Gasteiger partial charge in [0.15, 0.2) is 0 Å². The Morgan fingerprint density at radius 1 is 1.29 bits per heavy atom. The molecule has 0 radical (unpaired) electrons. The minimum absolute atomic E-state index is 0.367. The van der Waals surface area contributed by atoms with Crippen LogP contribution in [0.4, 0.5) is 4.79 Å². The molecule has 4 nitrogen and oxygen atoms in total. The molecule has 0 aliphatic carbocycles. The van der Waals surface area contributed by atoms with Crippen LogP contribution in [0.5, 0.6) is 0 Å². The fraction of sp³-hybridized carbons (Fsp3) is 0.900. The summed E-state index contributed by atoms with van der Waals surface area (Å²) in [5.41, 5.74) is -0.367. The first-order valence-electron chi connectivity index (χ1n) is 4.80. The van der Waals surface area contributed by atoms with Gasteiger partial charge in [-0.25, -0.2) is 4.79 Å². The second-order valence-electron chi connectivity index (χ2n) is 4.38. The van der Waals surface area contributed by atoms with Crippen molar-refractivity contribution in [2.75, 3.05) is 0 Å². The normalized spacial score (nSPS) is 12.6. The van der Waals surface area contributed by atoms with Crippen LogP contribution in [0.15, 0.2) is 0 Å². The summed E-state index contributed by atoms with van der Waals surface area (Å²) >= 11 is 0. The van der Waals surface area contributed by atoms with E-state index >= 15 is 0 Å². The van der Waals surface area contributed by atoms with Crippen LogP contribution in [0, 0.1) is 0 Å². The summed E-state index contributed by atoms with van der Waals surface area (Å²) in [7, 11) is 0. The average molecular weight is 204 g/mol. The third kappa shape index (κ3) is 5.80. The zero-order chi connectivity index (χ0) is 11.4. The Balaban J connectivity index is 4.25. The van der Waals surface area contributed by atoms with Crippen molar-refractivity contribution in [2.24, 2.45) is 0 Å². The molecule has 0 aliphatic rings. The molecule has 0 aromatic rings. The molecular weight excluding hydrogens is 184 g/mol. The van der Waals surface area contributed by atoms with Gasteiger partial charge in [0.05, 0.1) is 5.60 Å². The number of carbonyl (C=O) groups is 1. The lowest BCUT2D eigenvalue weighted by Crippen LogP contribution is -2.40. The van der Waals surface area contributed by atoms with Crippen molar-refractivity contribution in [3.63, 3.8) is 0 Å². The van der Waals surface area contributed by atoms with Crippen molar-refractivity contribution in [2.45, 2.75) is 58.8 Å². The molecule has 0 rings (SSSR count). The van der Waals surface area contributed by atoms with Gasteiger partial charge in [0.2, 0.25) is 5.79 Å². The largest absolute Gasteiger partial charge is 0.508 e. The Labute approximate surface area is 85.2 Å². The fourth-order valence-electron chi connectivity index (χ4n) is 1.55. The maximum Gasteiger partial charge on any atom is 0.508 e. The van der Waals surface area contributed by atoms with Crippen molar-refractivity contribution in [1.29, 1.82) is 0 Å². The highest BCUT2D eigenvalue weighted by molar-refractivity contribution is 5.57. The molecule has 0 saturated heterocycles. The maximum atomic E-state index is 10.4. The monoisotopic (exact) mass is 204 g/mol. The van der Waals surface area contributed by atoms with Crippen LogP contribution in [-0.2, 0) is 9.47 Å². The van der Waals surface area contributed by atoms with E-state index in [0.29, 0.717) is 0 Å². The highest BCUT2D eigenvalue weighted by Crippen LogP contribution is 2.25. The zero-order valence-corrected chi connectivity index (χ0v) is 9.59. The van der Waals surface area contributed by atoms with E-state index in [1.54, 1.807) is 13.8 Å². The molecule has 0 unspecified atom stereocenters. The molecule has 0 aromatic carbocycles. The summed E-state index contributed by atoms with van der Waals surface area (Å²) in [4.78, 5) is 10.4. The second kappa shape index (κ2) is 4.64. The molecule has 14 heavy (non-hydrogen) atoms. The average Bonchev–Trinajstić information content (AvgIpc) is 1.78. The Hall–Kier alpha value is -0.770. The van der Waals surface area contributed by atoms with Crippen LogP contribution in [0.3, 0.4) is 0 Å². The van der Waals surface area contributed by atoms with Gasteiger partial charge in [-0.2, -0.15) is 0 Å². The van der Waals surface area contributed by atoms with Gasteiger partial charge in [0, 0.05) is 13.8 Å². The lowest BCUT2D eigenvalue weighted by Gasteiger charge is -2.34. The third-order valence-electron chi connectivity index (χ3n) is 1.71. The van der Waals surface area contributed by atoms with Crippen LogP contribution in [0.1, 0.15) is 47.5 Å². The van der Waals surface area contributed by atoms with E-state index < -0.39 is 11.9 Å². The molecule has 0 amide bonds. The van der Waals surface area contributed by atoms with Gasteiger partial charge < -0.3 is 14.6 Å². The number of hydrogen-bond acceptors (Lipinski definition) is 3. The van der Waals surface area contributed by atoms with Gasteiger partial charge in [0.1, 0.15) is 0 Å². The van der Waals surface area contributed by atoms with Crippen molar-refractivity contribution in [3.05, 3.63) is 0 Å². The molecule has 4 heteroatoms. The lowest BCUT2D eigenvalue weighted by atomic mass is 10.0. The third-order valence-corrected chi connectivity index (χ3v) is 1.71. The minimum Gasteiger partial charge on any atom is -0.450 e. The first-order chi connectivity index (χ1) is 6.18. The summed E-state index contributed by atoms with van der Waals surface area (Å²) < 4.78 is 10.2. The zero-order valence-electron chi connectivity index (χ0n) is 9.59. The van der Waals surface area contributed by atoms with E-state index in [2.05, 4.69) is 11.7 Å². The standard InChI is InChI=1S/C10H20O4/c1-6-7-9(2,3)14-10(4,5)13-8(11)12/h6-7H2,1-5H3,(H,11,12). The summed E-state index contributed by atoms with van der Waals surface area (Å²) in [6.45, 7) is 9.08. The lowest BCUT2D eigenvalue weighted by molar-refractivity contribution is -0.241. The van der Waals surface area contributed by atoms with Crippen LogP contribution in [-0.4, -0.2) is 22.7 Å². The van der Waals surface area contributed by atoms with Crippen LogP contribution >= 0.6 is 0 Å². The highest BCUT2D eigenvalue weighted by Gasteiger charge is 2.31. The second-order valence-corrected chi connectivity index (χ2v) is 4.38. The first-order valence-corrected chi connectivity index (χ1v) is 4.80. The maximum absolute atomic E-state index is 10.4. The summed E-state index contributed by atoms with van der Waals surface area (Å²) in [5.74, 6) is -1.09. The quantitative estimate of drug-likeness (QED) is 0.552. The van der Waals surface area contributed by atoms with E-state index in [0.717, 1.165) is 12.8 Å². The molecule has 84 valence electrons. The molecule has 0 bridgehead atoms. The molecular formula is C10H20O4. The van der Waals surface area contributed by atoms with E-state index in [9.17, 15) is 4.79 Å². The highest BCUT2D eigenvalue weighted by atomic mass is 16.8. The van der Waals surface area contributed by atoms with Gasteiger partial charge in [0.25, 0.3) is 0 Å². The van der Waals surface area contributed by atoms with Gasteiger partial charge in [-0.1, -0.05) is 13.3 Å². The van der Waals surface area contributed by atoms with Crippen molar-refractivity contribution in [1.82, 2.24) is 0 Å². The predicted molar refractivity (Wildman–Crippen MR) is 53.3 cm³/mol. The summed E-state index contributed by atoms with van der Waals surface area (Å²) in [6, 6.07) is 0. The number of rotatable bonds is 5. The van der Waals surface area contributed by atoms with Gasteiger partial charge in [-0.05, 0) is 20.3 Å². The van der Waals surface area contributed by atoms with Crippen LogP contribution in [0.25, 0.3) is 0 Å². The Bertz CT molecular complexity index is 196. The molecule has 1 N–H and O–H groups in total. The fourth-order valence-corrected chi connectivity index (χ4v) is 1.55.